The average molecular weight is 255 g/mol. The van der Waals surface area contributed by atoms with Gasteiger partial charge in [0.05, 0.1) is 6.10 Å². The van der Waals surface area contributed by atoms with E-state index >= 15 is 0 Å². The summed E-state index contributed by atoms with van der Waals surface area (Å²) < 4.78 is 0. The van der Waals surface area contributed by atoms with Crippen LogP contribution >= 0.6 is 0 Å². The Morgan fingerprint density at radius 3 is 2.83 bits per heavy atom. The molecular formula is C14H29N3O. The zero-order valence-corrected chi connectivity index (χ0v) is 11.8. The third-order valence-corrected chi connectivity index (χ3v) is 4.29. The van der Waals surface area contributed by atoms with Crippen LogP contribution in [0.25, 0.3) is 0 Å². The van der Waals surface area contributed by atoms with Gasteiger partial charge in [-0.25, -0.2) is 0 Å². The van der Waals surface area contributed by atoms with Crippen LogP contribution in [0.2, 0.25) is 0 Å². The topological polar surface area (TPSA) is 38.7 Å². The Morgan fingerprint density at radius 2 is 2.00 bits per heavy atom. The summed E-state index contributed by atoms with van der Waals surface area (Å²) in [6.45, 7) is 9.53. The van der Waals surface area contributed by atoms with Crippen LogP contribution in [0.4, 0.5) is 0 Å². The average Bonchev–Trinajstić information content (AvgIpc) is 2.61. The van der Waals surface area contributed by atoms with E-state index in [1.807, 2.05) is 0 Å². The molecular weight excluding hydrogens is 226 g/mol. The zero-order valence-electron chi connectivity index (χ0n) is 11.8. The number of nitrogens with one attached hydrogen (secondary N) is 1. The lowest BCUT2D eigenvalue weighted by molar-refractivity contribution is 0.0498. The number of likely N-dealkylation sites (tertiary alicyclic amines) is 1. The van der Waals surface area contributed by atoms with Crippen LogP contribution in [0, 0.1) is 0 Å². The van der Waals surface area contributed by atoms with Gasteiger partial charge in [-0.05, 0) is 45.8 Å². The van der Waals surface area contributed by atoms with Crippen LogP contribution in [0.1, 0.15) is 32.6 Å². The van der Waals surface area contributed by atoms with Gasteiger partial charge in [-0.2, -0.15) is 0 Å². The van der Waals surface area contributed by atoms with Gasteiger partial charge in [0, 0.05) is 32.2 Å². The Bertz CT molecular complexity index is 229. The van der Waals surface area contributed by atoms with Crippen LogP contribution in [-0.4, -0.2) is 72.9 Å². The van der Waals surface area contributed by atoms with Gasteiger partial charge in [0.15, 0.2) is 0 Å². The number of piperidine rings is 1. The number of aliphatic hydroxyl groups is 1. The van der Waals surface area contributed by atoms with Gasteiger partial charge in [-0.1, -0.05) is 6.42 Å². The quantitative estimate of drug-likeness (QED) is 0.768. The van der Waals surface area contributed by atoms with Crippen molar-refractivity contribution in [1.29, 1.82) is 0 Å². The molecule has 0 aromatic carbocycles. The molecule has 0 amide bonds. The van der Waals surface area contributed by atoms with E-state index in [0.717, 1.165) is 39.3 Å². The van der Waals surface area contributed by atoms with E-state index in [9.17, 15) is 5.11 Å². The fourth-order valence-corrected chi connectivity index (χ4v) is 3.14. The molecule has 4 nitrogen and oxygen atoms in total. The number of rotatable bonds is 4. The molecule has 2 heterocycles. The van der Waals surface area contributed by atoms with E-state index in [0.29, 0.717) is 6.04 Å². The van der Waals surface area contributed by atoms with Crippen molar-refractivity contribution in [2.75, 3.05) is 45.8 Å². The van der Waals surface area contributed by atoms with Gasteiger partial charge in [-0.3, -0.25) is 9.80 Å². The van der Waals surface area contributed by atoms with Gasteiger partial charge >= 0.3 is 0 Å². The molecule has 2 fully saturated rings. The lowest BCUT2D eigenvalue weighted by Gasteiger charge is -2.35. The summed E-state index contributed by atoms with van der Waals surface area (Å²) in [4.78, 5) is 4.86. The highest BCUT2D eigenvalue weighted by molar-refractivity contribution is 4.78. The highest BCUT2D eigenvalue weighted by atomic mass is 16.3. The van der Waals surface area contributed by atoms with Crippen LogP contribution in [-0.2, 0) is 0 Å². The summed E-state index contributed by atoms with van der Waals surface area (Å²) >= 11 is 0. The molecule has 2 aliphatic rings. The molecule has 2 saturated heterocycles. The SMILES string of the molecule is C[C@@H]1CCCCN1C[C@@H](O)CN1CCCNCC1. The van der Waals surface area contributed by atoms with E-state index in [-0.39, 0.29) is 6.10 Å². The second-order valence-corrected chi connectivity index (χ2v) is 5.90. The second kappa shape index (κ2) is 7.43. The van der Waals surface area contributed by atoms with E-state index in [1.54, 1.807) is 0 Å². The van der Waals surface area contributed by atoms with Gasteiger partial charge in [0.25, 0.3) is 0 Å². The Morgan fingerprint density at radius 1 is 1.11 bits per heavy atom. The number of nitrogens with zero attached hydrogens (tertiary/aromatic N) is 2. The molecule has 0 spiro atoms. The monoisotopic (exact) mass is 255 g/mol. The summed E-state index contributed by atoms with van der Waals surface area (Å²) in [5.74, 6) is 0. The smallest absolute Gasteiger partial charge is 0.0793 e. The lowest BCUT2D eigenvalue weighted by atomic mass is 10.0. The third kappa shape index (κ3) is 4.50. The van der Waals surface area contributed by atoms with Crippen molar-refractivity contribution >= 4 is 0 Å². The van der Waals surface area contributed by atoms with Crippen LogP contribution < -0.4 is 5.32 Å². The molecule has 0 aliphatic carbocycles. The van der Waals surface area contributed by atoms with Crippen molar-refractivity contribution in [2.24, 2.45) is 0 Å². The summed E-state index contributed by atoms with van der Waals surface area (Å²) in [6.07, 6.45) is 4.95. The van der Waals surface area contributed by atoms with E-state index in [1.165, 1.54) is 32.2 Å². The fourth-order valence-electron chi connectivity index (χ4n) is 3.14. The molecule has 2 rings (SSSR count). The fraction of sp³-hybridized carbons (Fsp3) is 1.00. The van der Waals surface area contributed by atoms with Crippen molar-refractivity contribution < 1.29 is 5.11 Å². The van der Waals surface area contributed by atoms with Crippen LogP contribution in [0.5, 0.6) is 0 Å². The molecule has 0 bridgehead atoms. The molecule has 2 atom stereocenters. The minimum atomic E-state index is -0.191. The first kappa shape index (κ1) is 14.3. The predicted octanol–water partition coefficient (Wildman–Crippen LogP) is 0.517. The number of β-amino-alcohol motifs (C(OH)–C–C–N with tert-alkyl or cyclic N) is 1. The Hall–Kier alpha value is -0.160. The molecule has 0 unspecified atom stereocenters. The second-order valence-electron chi connectivity index (χ2n) is 5.90. The summed E-state index contributed by atoms with van der Waals surface area (Å²) in [6, 6.07) is 0.652. The Kier molecular flexibility index (Phi) is 5.89. The standard InChI is InChI=1S/C14H29N3O/c1-13-5-2-3-9-17(13)12-14(18)11-16-8-4-6-15-7-10-16/h13-15,18H,2-12H2,1H3/t13-,14+/m1/s1. The minimum Gasteiger partial charge on any atom is -0.390 e. The Balaban J connectivity index is 1.71. The number of hydrogen-bond acceptors (Lipinski definition) is 4. The highest BCUT2D eigenvalue weighted by Crippen LogP contribution is 2.16. The molecule has 0 aromatic rings. The molecule has 18 heavy (non-hydrogen) atoms. The molecule has 0 radical (unpaired) electrons. The normalized spacial score (nSPS) is 30.0. The van der Waals surface area contributed by atoms with Gasteiger partial charge in [0.2, 0.25) is 0 Å². The molecule has 2 aliphatic heterocycles. The molecule has 0 saturated carbocycles. The number of hydrogen-bond donors (Lipinski definition) is 2. The maximum Gasteiger partial charge on any atom is 0.0793 e. The molecule has 0 aromatic heterocycles. The van der Waals surface area contributed by atoms with Crippen LogP contribution in [0.3, 0.4) is 0 Å². The van der Waals surface area contributed by atoms with Crippen molar-refractivity contribution in [3.63, 3.8) is 0 Å². The van der Waals surface area contributed by atoms with Crippen LogP contribution in [0.15, 0.2) is 0 Å². The molecule has 106 valence electrons. The summed E-state index contributed by atoms with van der Waals surface area (Å²) in [7, 11) is 0. The van der Waals surface area contributed by atoms with Crippen molar-refractivity contribution in [2.45, 2.75) is 44.8 Å². The maximum absolute atomic E-state index is 10.3. The lowest BCUT2D eigenvalue weighted by Crippen LogP contribution is -2.46. The molecule has 4 heteroatoms. The van der Waals surface area contributed by atoms with Crippen molar-refractivity contribution in [1.82, 2.24) is 15.1 Å². The maximum atomic E-state index is 10.3. The predicted molar refractivity (Wildman–Crippen MR) is 74.8 cm³/mol. The first-order chi connectivity index (χ1) is 8.75. The number of aliphatic hydroxyl groups excluding tert-OH is 1. The van der Waals surface area contributed by atoms with Crippen molar-refractivity contribution in [3.05, 3.63) is 0 Å². The van der Waals surface area contributed by atoms with E-state index < -0.39 is 0 Å². The van der Waals surface area contributed by atoms with E-state index in [4.69, 9.17) is 0 Å². The first-order valence-electron chi connectivity index (χ1n) is 7.61. The summed E-state index contributed by atoms with van der Waals surface area (Å²) in [5.41, 5.74) is 0. The largest absolute Gasteiger partial charge is 0.390 e. The Labute approximate surface area is 111 Å². The minimum absolute atomic E-state index is 0.191. The molecule has 2 N–H and O–H groups in total. The summed E-state index contributed by atoms with van der Waals surface area (Å²) in [5, 5.41) is 13.7. The first-order valence-corrected chi connectivity index (χ1v) is 7.61. The van der Waals surface area contributed by atoms with Gasteiger partial charge in [0.1, 0.15) is 0 Å². The van der Waals surface area contributed by atoms with Crippen molar-refractivity contribution in [3.8, 4) is 0 Å². The third-order valence-electron chi connectivity index (χ3n) is 4.29. The van der Waals surface area contributed by atoms with Gasteiger partial charge < -0.3 is 10.4 Å². The van der Waals surface area contributed by atoms with E-state index in [2.05, 4.69) is 22.0 Å². The van der Waals surface area contributed by atoms with Gasteiger partial charge in [-0.15, -0.1) is 0 Å². The highest BCUT2D eigenvalue weighted by Gasteiger charge is 2.22. The zero-order chi connectivity index (χ0) is 12.8.